The molecule has 3 nitrogen and oxygen atoms in total. The lowest BCUT2D eigenvalue weighted by atomic mass is 9.90. The van der Waals surface area contributed by atoms with Gasteiger partial charge in [-0.25, -0.2) is 4.39 Å². The summed E-state index contributed by atoms with van der Waals surface area (Å²) in [6.07, 6.45) is 3.87. The van der Waals surface area contributed by atoms with E-state index in [4.69, 9.17) is 9.47 Å². The molecule has 1 N–H and O–H groups in total. The van der Waals surface area contributed by atoms with Crippen LogP contribution >= 0.6 is 15.9 Å². The Morgan fingerprint density at radius 1 is 1.21 bits per heavy atom. The molecule has 0 unspecified atom stereocenters. The average Bonchev–Trinajstić information content (AvgIpc) is 2.86. The number of anilines is 1. The molecule has 1 aliphatic carbocycles. The summed E-state index contributed by atoms with van der Waals surface area (Å²) >= 11 is 3.20. The summed E-state index contributed by atoms with van der Waals surface area (Å²) in [7, 11) is 0. The summed E-state index contributed by atoms with van der Waals surface area (Å²) < 4.78 is 25.1. The van der Waals surface area contributed by atoms with Crippen molar-refractivity contribution in [1.29, 1.82) is 0 Å². The second-order valence-corrected chi connectivity index (χ2v) is 6.01. The summed E-state index contributed by atoms with van der Waals surface area (Å²) in [6, 6.07) is 5.42. The van der Waals surface area contributed by atoms with E-state index in [1.54, 1.807) is 12.1 Å². The van der Waals surface area contributed by atoms with Gasteiger partial charge in [0.2, 0.25) is 0 Å². The molecule has 5 heteroatoms. The van der Waals surface area contributed by atoms with Gasteiger partial charge in [0.05, 0.1) is 17.7 Å². The van der Waals surface area contributed by atoms with Gasteiger partial charge < -0.3 is 14.8 Å². The van der Waals surface area contributed by atoms with Gasteiger partial charge in [0, 0.05) is 24.6 Å². The van der Waals surface area contributed by atoms with E-state index in [1.165, 1.54) is 6.07 Å². The third-order valence-electron chi connectivity index (χ3n) is 3.85. The minimum Gasteiger partial charge on any atom is -0.382 e. The van der Waals surface area contributed by atoms with Gasteiger partial charge in [-0.15, -0.1) is 0 Å². The molecule has 1 aromatic carbocycles. The van der Waals surface area contributed by atoms with Crippen molar-refractivity contribution in [2.24, 2.45) is 0 Å². The highest BCUT2D eigenvalue weighted by molar-refractivity contribution is 9.10. The first-order chi connectivity index (χ1) is 9.17. The number of nitrogens with one attached hydrogen (secondary N) is 1. The first-order valence-electron chi connectivity index (χ1n) is 6.66. The SMILES string of the molecule is Fc1ccc(NC2CCC3(CC2)OCCO3)cc1Br. The summed E-state index contributed by atoms with van der Waals surface area (Å²) in [5, 5.41) is 3.45. The Morgan fingerprint density at radius 2 is 1.89 bits per heavy atom. The minimum absolute atomic E-state index is 0.235. The summed E-state index contributed by atoms with van der Waals surface area (Å²) in [6.45, 7) is 1.42. The van der Waals surface area contributed by atoms with E-state index in [1.807, 2.05) is 0 Å². The van der Waals surface area contributed by atoms with Gasteiger partial charge in [0.1, 0.15) is 5.82 Å². The van der Waals surface area contributed by atoms with E-state index in [0.717, 1.165) is 31.4 Å². The quantitative estimate of drug-likeness (QED) is 0.897. The van der Waals surface area contributed by atoms with Crippen molar-refractivity contribution in [3.8, 4) is 0 Å². The molecule has 2 aliphatic rings. The Bertz CT molecular complexity index is 453. The van der Waals surface area contributed by atoms with Crippen molar-refractivity contribution in [3.05, 3.63) is 28.5 Å². The van der Waals surface area contributed by atoms with E-state index in [0.29, 0.717) is 23.7 Å². The first-order valence-corrected chi connectivity index (χ1v) is 7.46. The molecule has 104 valence electrons. The molecule has 1 saturated carbocycles. The van der Waals surface area contributed by atoms with E-state index in [9.17, 15) is 4.39 Å². The summed E-state index contributed by atoms with van der Waals surface area (Å²) in [5.74, 6) is -0.553. The van der Waals surface area contributed by atoms with Crippen LogP contribution in [0.5, 0.6) is 0 Å². The normalized spacial score (nSPS) is 22.8. The lowest BCUT2D eigenvalue weighted by molar-refractivity contribution is -0.177. The Kier molecular flexibility index (Phi) is 3.78. The molecule has 0 atom stereocenters. The van der Waals surface area contributed by atoms with Gasteiger partial charge >= 0.3 is 0 Å². The molecule has 3 rings (SSSR count). The average molecular weight is 330 g/mol. The van der Waals surface area contributed by atoms with Crippen molar-refractivity contribution in [2.75, 3.05) is 18.5 Å². The molecule has 1 heterocycles. The Morgan fingerprint density at radius 3 is 2.53 bits per heavy atom. The number of rotatable bonds is 2. The van der Waals surface area contributed by atoms with Crippen LogP contribution in [0, 0.1) is 5.82 Å². The molecular weight excluding hydrogens is 313 g/mol. The van der Waals surface area contributed by atoms with Gasteiger partial charge in [0.15, 0.2) is 5.79 Å². The van der Waals surface area contributed by atoms with Crippen LogP contribution < -0.4 is 5.32 Å². The van der Waals surface area contributed by atoms with Crippen molar-refractivity contribution in [3.63, 3.8) is 0 Å². The molecule has 0 amide bonds. The topological polar surface area (TPSA) is 30.5 Å². The minimum atomic E-state index is -0.318. The largest absolute Gasteiger partial charge is 0.382 e. The van der Waals surface area contributed by atoms with E-state index < -0.39 is 0 Å². The summed E-state index contributed by atoms with van der Waals surface area (Å²) in [5.41, 5.74) is 0.947. The predicted octanol–water partition coefficient (Wildman–Crippen LogP) is 3.69. The van der Waals surface area contributed by atoms with Gasteiger partial charge in [-0.2, -0.15) is 0 Å². The van der Waals surface area contributed by atoms with Crippen LogP contribution in [0.1, 0.15) is 25.7 Å². The summed E-state index contributed by atoms with van der Waals surface area (Å²) in [4.78, 5) is 0. The number of ether oxygens (including phenoxy) is 2. The van der Waals surface area contributed by atoms with Crippen LogP contribution in [0.4, 0.5) is 10.1 Å². The zero-order valence-electron chi connectivity index (χ0n) is 10.6. The zero-order valence-corrected chi connectivity index (χ0v) is 12.2. The monoisotopic (exact) mass is 329 g/mol. The molecule has 2 fully saturated rings. The van der Waals surface area contributed by atoms with Crippen LogP contribution in [0.15, 0.2) is 22.7 Å². The standard InChI is InChI=1S/C14H17BrFNO2/c15-12-9-11(1-2-13(12)16)17-10-3-5-14(6-4-10)18-7-8-19-14/h1-2,9-10,17H,3-8H2. The van der Waals surface area contributed by atoms with Crippen LogP contribution in [0.2, 0.25) is 0 Å². The molecule has 1 aromatic rings. The molecule has 0 radical (unpaired) electrons. The van der Waals surface area contributed by atoms with Gasteiger partial charge in [-0.3, -0.25) is 0 Å². The lowest BCUT2D eigenvalue weighted by Gasteiger charge is -2.36. The Labute approximate surface area is 120 Å². The van der Waals surface area contributed by atoms with Gasteiger partial charge in [-0.1, -0.05) is 0 Å². The highest BCUT2D eigenvalue weighted by atomic mass is 79.9. The highest BCUT2D eigenvalue weighted by Gasteiger charge is 2.40. The van der Waals surface area contributed by atoms with E-state index in [-0.39, 0.29) is 11.6 Å². The van der Waals surface area contributed by atoms with Crippen molar-refractivity contribution in [2.45, 2.75) is 37.5 Å². The molecule has 1 aliphatic heterocycles. The Hall–Kier alpha value is -0.650. The van der Waals surface area contributed by atoms with Gasteiger partial charge in [0.25, 0.3) is 0 Å². The maximum absolute atomic E-state index is 13.2. The zero-order chi connectivity index (χ0) is 13.3. The molecule has 1 spiro atoms. The maximum atomic E-state index is 13.2. The fourth-order valence-corrected chi connectivity index (χ4v) is 3.19. The third kappa shape index (κ3) is 2.93. The number of hydrogen-bond acceptors (Lipinski definition) is 3. The third-order valence-corrected chi connectivity index (χ3v) is 4.46. The fourth-order valence-electron chi connectivity index (χ4n) is 2.81. The van der Waals surface area contributed by atoms with Crippen molar-refractivity contribution in [1.82, 2.24) is 0 Å². The van der Waals surface area contributed by atoms with E-state index >= 15 is 0 Å². The molecule has 0 aromatic heterocycles. The van der Waals surface area contributed by atoms with Crippen molar-refractivity contribution < 1.29 is 13.9 Å². The maximum Gasteiger partial charge on any atom is 0.168 e. The predicted molar refractivity (Wildman–Crippen MR) is 74.6 cm³/mol. The molecule has 19 heavy (non-hydrogen) atoms. The van der Waals surface area contributed by atoms with Crippen LogP contribution in [0.3, 0.4) is 0 Å². The molecule has 1 saturated heterocycles. The molecule has 0 bridgehead atoms. The smallest absolute Gasteiger partial charge is 0.168 e. The Balaban J connectivity index is 1.58. The number of halogens is 2. The second-order valence-electron chi connectivity index (χ2n) is 5.16. The second kappa shape index (κ2) is 5.38. The fraction of sp³-hybridized carbons (Fsp3) is 0.571. The van der Waals surface area contributed by atoms with Gasteiger partial charge in [-0.05, 0) is 47.0 Å². The van der Waals surface area contributed by atoms with Crippen LogP contribution in [-0.2, 0) is 9.47 Å². The van der Waals surface area contributed by atoms with Crippen LogP contribution in [0.25, 0.3) is 0 Å². The lowest BCUT2D eigenvalue weighted by Crippen LogP contribution is -2.39. The molecular formula is C14H17BrFNO2. The first kappa shape index (κ1) is 13.3. The van der Waals surface area contributed by atoms with Crippen molar-refractivity contribution >= 4 is 21.6 Å². The van der Waals surface area contributed by atoms with E-state index in [2.05, 4.69) is 21.2 Å². The number of hydrogen-bond donors (Lipinski definition) is 1. The van der Waals surface area contributed by atoms with Crippen LogP contribution in [-0.4, -0.2) is 25.0 Å². The number of benzene rings is 1. The highest BCUT2D eigenvalue weighted by Crippen LogP contribution is 2.36.